The van der Waals surface area contributed by atoms with Crippen LogP contribution in [0.5, 0.6) is 5.75 Å². The van der Waals surface area contributed by atoms with Crippen molar-refractivity contribution in [2.24, 2.45) is 17.8 Å². The molecule has 8 nitrogen and oxygen atoms in total. The number of halogens is 1. The highest BCUT2D eigenvalue weighted by atomic mass is 35.5. The summed E-state index contributed by atoms with van der Waals surface area (Å²) in [4.78, 5) is 18.4. The van der Waals surface area contributed by atoms with Gasteiger partial charge in [0.2, 0.25) is 10.0 Å². The zero-order valence-electron chi connectivity index (χ0n) is 27.8. The molecule has 6 atom stereocenters. The first kappa shape index (κ1) is 32.9. The van der Waals surface area contributed by atoms with Gasteiger partial charge < -0.3 is 19.3 Å². The standard InChI is InChI=1S/C37H48ClN3O5S/c1-25-7-4-16-37(45-3,23-40-17-6-18-40)32-12-9-29(32)21-41-22-36(15-5-8-27-19-30(38)11-13-31(27)36)24-46-34-14-10-28(20-33(34)41)35(42)39-47(43,44)26(25)2/h4,10-11,13-14,16,19-20,25-26,29,32H,5-9,12,15,17-18,21-24H2,1-3H3,(H,39,42)/b16-4+/t25-,26+,29-,32+,36-,37+/m0/s1. The molecule has 0 unspecified atom stereocenters. The van der Waals surface area contributed by atoms with E-state index in [1.807, 2.05) is 32.2 Å². The van der Waals surface area contributed by atoms with Crippen LogP contribution in [-0.2, 0) is 26.6 Å². The molecule has 1 amide bonds. The Balaban J connectivity index is 1.32. The van der Waals surface area contributed by atoms with Crippen molar-refractivity contribution in [1.82, 2.24) is 9.62 Å². The molecule has 1 N–H and O–H groups in total. The van der Waals surface area contributed by atoms with E-state index in [4.69, 9.17) is 21.1 Å². The maximum Gasteiger partial charge on any atom is 0.264 e. The zero-order valence-corrected chi connectivity index (χ0v) is 29.4. The Morgan fingerprint density at radius 2 is 1.94 bits per heavy atom. The second-order valence-electron chi connectivity index (χ2n) is 14.8. The van der Waals surface area contributed by atoms with Gasteiger partial charge in [-0.1, -0.05) is 36.7 Å². The number of sulfonamides is 1. The summed E-state index contributed by atoms with van der Waals surface area (Å²) < 4.78 is 42.5. The number of rotatable bonds is 3. The van der Waals surface area contributed by atoms with E-state index in [0.29, 0.717) is 30.4 Å². The van der Waals surface area contributed by atoms with Gasteiger partial charge in [-0.2, -0.15) is 0 Å². The summed E-state index contributed by atoms with van der Waals surface area (Å²) in [6.45, 7) is 8.65. The van der Waals surface area contributed by atoms with Crippen molar-refractivity contribution in [2.75, 3.05) is 51.3 Å². The molecule has 1 spiro atoms. The summed E-state index contributed by atoms with van der Waals surface area (Å²) in [5.74, 6) is 0.599. The third kappa shape index (κ3) is 6.11. The number of fused-ring (bicyclic) bond motifs is 4. The molecule has 1 saturated carbocycles. The number of amides is 1. The number of methoxy groups -OCH3 is 1. The van der Waals surface area contributed by atoms with Crippen molar-refractivity contribution in [3.8, 4) is 5.75 Å². The van der Waals surface area contributed by atoms with Crippen molar-refractivity contribution < 1.29 is 22.7 Å². The highest BCUT2D eigenvalue weighted by molar-refractivity contribution is 7.90. The van der Waals surface area contributed by atoms with Crippen LogP contribution in [0.15, 0.2) is 48.6 Å². The highest BCUT2D eigenvalue weighted by Crippen LogP contribution is 2.49. The van der Waals surface area contributed by atoms with Crippen molar-refractivity contribution in [2.45, 2.75) is 75.1 Å². The van der Waals surface area contributed by atoms with Crippen molar-refractivity contribution >= 4 is 33.2 Å². The molecule has 47 heavy (non-hydrogen) atoms. The predicted molar refractivity (Wildman–Crippen MR) is 186 cm³/mol. The topological polar surface area (TPSA) is 88.2 Å². The number of ether oxygens (including phenoxy) is 2. The van der Waals surface area contributed by atoms with Gasteiger partial charge in [0.1, 0.15) is 11.4 Å². The summed E-state index contributed by atoms with van der Waals surface area (Å²) in [5, 5.41) is -0.00499. The fraction of sp³-hybridized carbons (Fsp3) is 0.595. The molecule has 0 radical (unpaired) electrons. The van der Waals surface area contributed by atoms with Gasteiger partial charge in [0.25, 0.3) is 5.91 Å². The first-order valence-electron chi connectivity index (χ1n) is 17.3. The molecule has 2 fully saturated rings. The zero-order chi connectivity index (χ0) is 33.0. The molecule has 2 aliphatic carbocycles. The van der Waals surface area contributed by atoms with Crippen LogP contribution in [0.1, 0.15) is 73.9 Å². The number of nitrogens with zero attached hydrogens (tertiary/aromatic N) is 2. The maximum absolute atomic E-state index is 13.5. The first-order chi connectivity index (χ1) is 22.5. The molecule has 2 aromatic rings. The van der Waals surface area contributed by atoms with E-state index < -0.39 is 26.8 Å². The summed E-state index contributed by atoms with van der Waals surface area (Å²) in [6.07, 6.45) is 11.3. The molecule has 2 aromatic carbocycles. The van der Waals surface area contributed by atoms with E-state index in [1.165, 1.54) is 17.5 Å². The van der Waals surface area contributed by atoms with Gasteiger partial charge >= 0.3 is 0 Å². The number of nitrogens with one attached hydrogen (secondary N) is 1. The number of allylic oxidation sites excluding steroid dienone is 1. The van der Waals surface area contributed by atoms with Crippen LogP contribution in [-0.4, -0.2) is 76.5 Å². The third-order valence-electron chi connectivity index (χ3n) is 12.0. The van der Waals surface area contributed by atoms with Gasteiger partial charge in [0, 0.05) is 42.7 Å². The second-order valence-corrected chi connectivity index (χ2v) is 17.3. The molecular formula is C37H48ClN3O5S. The minimum Gasteiger partial charge on any atom is -0.490 e. The van der Waals surface area contributed by atoms with Crippen LogP contribution in [0.25, 0.3) is 0 Å². The molecule has 0 aromatic heterocycles. The molecule has 7 rings (SSSR count). The Bertz CT molecular complexity index is 1660. The molecule has 5 aliphatic rings. The van der Waals surface area contributed by atoms with E-state index in [1.54, 1.807) is 13.0 Å². The lowest BCUT2D eigenvalue weighted by Gasteiger charge is -2.52. The minimum atomic E-state index is -3.92. The van der Waals surface area contributed by atoms with Crippen LogP contribution in [0.4, 0.5) is 5.69 Å². The Morgan fingerprint density at radius 3 is 2.66 bits per heavy atom. The van der Waals surface area contributed by atoms with E-state index in [0.717, 1.165) is 81.3 Å². The largest absolute Gasteiger partial charge is 0.490 e. The predicted octanol–water partition coefficient (Wildman–Crippen LogP) is 5.97. The average molecular weight is 682 g/mol. The van der Waals surface area contributed by atoms with Gasteiger partial charge in [-0.15, -0.1) is 0 Å². The van der Waals surface area contributed by atoms with E-state index in [2.05, 4.69) is 38.8 Å². The summed E-state index contributed by atoms with van der Waals surface area (Å²) in [5.41, 5.74) is 3.01. The van der Waals surface area contributed by atoms with E-state index >= 15 is 0 Å². The molecule has 1 saturated heterocycles. The Morgan fingerprint density at radius 1 is 1.11 bits per heavy atom. The number of benzene rings is 2. The number of anilines is 1. The number of carbonyl (C=O) groups is 1. The maximum atomic E-state index is 13.5. The van der Waals surface area contributed by atoms with Crippen LogP contribution in [0.2, 0.25) is 5.02 Å². The van der Waals surface area contributed by atoms with Crippen molar-refractivity contribution in [3.63, 3.8) is 0 Å². The fourth-order valence-electron chi connectivity index (χ4n) is 8.70. The van der Waals surface area contributed by atoms with Crippen LogP contribution in [0, 0.1) is 17.8 Å². The molecule has 10 heteroatoms. The Kier molecular flexibility index (Phi) is 8.90. The smallest absolute Gasteiger partial charge is 0.264 e. The number of aryl methyl sites for hydroxylation is 1. The lowest BCUT2D eigenvalue weighted by molar-refractivity contribution is -0.0985. The van der Waals surface area contributed by atoms with Crippen LogP contribution >= 0.6 is 11.6 Å². The molecule has 3 aliphatic heterocycles. The van der Waals surface area contributed by atoms with Gasteiger partial charge in [-0.25, -0.2) is 13.1 Å². The quantitative estimate of drug-likeness (QED) is 0.399. The normalized spacial score (nSPS) is 34.5. The minimum absolute atomic E-state index is 0.194. The lowest BCUT2D eigenvalue weighted by atomic mass is 9.63. The SMILES string of the molecule is CO[C@@]1(CN2CCC2)/C=C/C[C@H](C)[C@@H](C)S(=O)(=O)NC(=O)c2ccc3c(c2)N(C[C@@H]2CC[C@H]21)C[C@@]1(CCCc2cc(Cl)ccc21)CO3. The van der Waals surface area contributed by atoms with Gasteiger partial charge in [0.05, 0.1) is 17.5 Å². The average Bonchev–Trinajstić information content (AvgIpc) is 3.16. The summed E-state index contributed by atoms with van der Waals surface area (Å²) in [6, 6.07) is 11.6. The van der Waals surface area contributed by atoms with Crippen molar-refractivity contribution in [1.29, 1.82) is 0 Å². The number of likely N-dealkylation sites (tertiary alicyclic amines) is 1. The van der Waals surface area contributed by atoms with E-state index in [9.17, 15) is 13.2 Å². The van der Waals surface area contributed by atoms with Crippen molar-refractivity contribution in [3.05, 3.63) is 70.3 Å². The molecule has 3 heterocycles. The monoisotopic (exact) mass is 681 g/mol. The Labute approximate surface area is 284 Å². The number of hydrogen-bond acceptors (Lipinski definition) is 7. The Hall–Kier alpha value is -2.59. The van der Waals surface area contributed by atoms with E-state index in [-0.39, 0.29) is 11.3 Å². The molecular weight excluding hydrogens is 634 g/mol. The second kappa shape index (κ2) is 12.7. The van der Waals surface area contributed by atoms with Crippen LogP contribution < -0.4 is 14.4 Å². The number of hydrogen-bond donors (Lipinski definition) is 1. The molecule has 254 valence electrons. The van der Waals surface area contributed by atoms with Crippen LogP contribution in [0.3, 0.4) is 0 Å². The summed E-state index contributed by atoms with van der Waals surface area (Å²) >= 11 is 6.46. The van der Waals surface area contributed by atoms with Gasteiger partial charge in [-0.05, 0) is 124 Å². The third-order valence-corrected chi connectivity index (χ3v) is 14.2. The highest BCUT2D eigenvalue weighted by Gasteiger charge is 2.50. The molecule has 2 bridgehead atoms. The summed E-state index contributed by atoms with van der Waals surface area (Å²) in [7, 11) is -2.08. The van der Waals surface area contributed by atoms with Gasteiger partial charge in [-0.3, -0.25) is 4.79 Å². The number of carbonyl (C=O) groups excluding carboxylic acids is 1. The van der Waals surface area contributed by atoms with Gasteiger partial charge in [0.15, 0.2) is 0 Å². The lowest BCUT2D eigenvalue weighted by Crippen LogP contribution is -2.58. The fourth-order valence-corrected chi connectivity index (χ4v) is 10.2. The first-order valence-corrected chi connectivity index (χ1v) is 19.3.